The van der Waals surface area contributed by atoms with Crippen molar-refractivity contribution in [2.24, 2.45) is 0 Å². The molecule has 0 radical (unpaired) electrons. The fourth-order valence-electron chi connectivity index (χ4n) is 1.60. The minimum atomic E-state index is 0.0955. The van der Waals surface area contributed by atoms with Gasteiger partial charge in [-0.15, -0.1) is 0 Å². The van der Waals surface area contributed by atoms with Gasteiger partial charge in [0, 0.05) is 30.7 Å². The Morgan fingerprint density at radius 2 is 2.16 bits per heavy atom. The van der Waals surface area contributed by atoms with Gasteiger partial charge in [0.15, 0.2) is 0 Å². The predicted octanol–water partition coefficient (Wildman–Crippen LogP) is 3.53. The topological polar surface area (TPSA) is 47.0 Å². The largest absolute Gasteiger partial charge is 0.475 e. The highest BCUT2D eigenvalue weighted by Crippen LogP contribution is 2.22. The smallest absolute Gasteiger partial charge is 0.218 e. The number of hydrogen-bond donors (Lipinski definition) is 1. The molecule has 0 spiro atoms. The van der Waals surface area contributed by atoms with Crippen LogP contribution in [-0.4, -0.2) is 16.1 Å². The van der Waals surface area contributed by atoms with E-state index in [1.54, 1.807) is 18.6 Å². The molecule has 0 aromatic carbocycles. The lowest BCUT2D eigenvalue weighted by Gasteiger charge is -2.14. The summed E-state index contributed by atoms with van der Waals surface area (Å²) in [5, 5.41) is 3.85. The molecule has 0 atom stereocenters. The number of nitrogens with zero attached hydrogens (tertiary/aromatic N) is 2. The third-order valence-corrected chi connectivity index (χ3v) is 2.74. The molecule has 0 aliphatic rings. The zero-order chi connectivity index (χ0) is 13.7. The number of hydrogen-bond acceptors (Lipinski definition) is 4. The van der Waals surface area contributed by atoms with Crippen LogP contribution in [0.25, 0.3) is 0 Å². The van der Waals surface area contributed by atoms with E-state index in [0.717, 1.165) is 11.3 Å². The van der Waals surface area contributed by atoms with E-state index in [-0.39, 0.29) is 6.10 Å². The third kappa shape index (κ3) is 3.83. The monoisotopic (exact) mass is 277 g/mol. The first-order valence-corrected chi connectivity index (χ1v) is 6.48. The van der Waals surface area contributed by atoms with Crippen molar-refractivity contribution in [3.8, 4) is 5.88 Å². The summed E-state index contributed by atoms with van der Waals surface area (Å²) < 4.78 is 5.67. The van der Waals surface area contributed by atoms with Crippen molar-refractivity contribution in [1.82, 2.24) is 9.97 Å². The zero-order valence-electron chi connectivity index (χ0n) is 10.9. The first kappa shape index (κ1) is 13.6. The molecule has 2 rings (SSSR count). The molecule has 2 aromatic heterocycles. The Kier molecular flexibility index (Phi) is 4.58. The number of aromatic nitrogens is 2. The third-order valence-electron chi connectivity index (χ3n) is 2.44. The summed E-state index contributed by atoms with van der Waals surface area (Å²) in [5.41, 5.74) is 1.83. The second-order valence-electron chi connectivity index (χ2n) is 4.34. The minimum Gasteiger partial charge on any atom is -0.475 e. The van der Waals surface area contributed by atoms with Crippen molar-refractivity contribution >= 4 is 17.3 Å². The Morgan fingerprint density at radius 1 is 1.32 bits per heavy atom. The van der Waals surface area contributed by atoms with Gasteiger partial charge in [-0.3, -0.25) is 4.98 Å². The van der Waals surface area contributed by atoms with Gasteiger partial charge in [-0.05, 0) is 26.0 Å². The Balaban J connectivity index is 2.09. The highest BCUT2D eigenvalue weighted by Gasteiger charge is 2.07. The van der Waals surface area contributed by atoms with Gasteiger partial charge in [-0.25, -0.2) is 4.98 Å². The minimum absolute atomic E-state index is 0.0955. The molecule has 0 saturated carbocycles. The number of anilines is 1. The summed E-state index contributed by atoms with van der Waals surface area (Å²) in [7, 11) is 0. The SMILES string of the molecule is CC(C)Oc1ncccc1CNc1ccncc1Cl. The zero-order valence-corrected chi connectivity index (χ0v) is 11.7. The van der Waals surface area contributed by atoms with E-state index in [0.29, 0.717) is 17.4 Å². The number of halogens is 1. The second-order valence-corrected chi connectivity index (χ2v) is 4.75. The van der Waals surface area contributed by atoms with E-state index in [9.17, 15) is 0 Å². The first-order chi connectivity index (χ1) is 9.16. The maximum absolute atomic E-state index is 6.04. The van der Waals surface area contributed by atoms with Crippen LogP contribution in [0.15, 0.2) is 36.8 Å². The van der Waals surface area contributed by atoms with Crippen LogP contribution in [0.5, 0.6) is 5.88 Å². The molecule has 0 unspecified atom stereocenters. The van der Waals surface area contributed by atoms with Gasteiger partial charge in [-0.1, -0.05) is 17.7 Å². The fraction of sp³-hybridized carbons (Fsp3) is 0.286. The van der Waals surface area contributed by atoms with Crippen molar-refractivity contribution in [2.75, 3.05) is 5.32 Å². The number of ether oxygens (including phenoxy) is 1. The summed E-state index contributed by atoms with van der Waals surface area (Å²) in [4.78, 5) is 8.19. The van der Waals surface area contributed by atoms with Gasteiger partial charge >= 0.3 is 0 Å². The molecule has 4 nitrogen and oxygen atoms in total. The fourth-order valence-corrected chi connectivity index (χ4v) is 1.78. The van der Waals surface area contributed by atoms with Crippen LogP contribution in [0.1, 0.15) is 19.4 Å². The molecule has 0 aliphatic carbocycles. The molecular weight excluding hydrogens is 262 g/mol. The number of rotatable bonds is 5. The Bertz CT molecular complexity index is 546. The highest BCUT2D eigenvalue weighted by atomic mass is 35.5. The van der Waals surface area contributed by atoms with E-state index in [2.05, 4.69) is 15.3 Å². The van der Waals surface area contributed by atoms with Crippen molar-refractivity contribution < 1.29 is 4.74 Å². The van der Waals surface area contributed by atoms with Gasteiger partial charge < -0.3 is 10.1 Å². The van der Waals surface area contributed by atoms with Crippen molar-refractivity contribution in [1.29, 1.82) is 0 Å². The summed E-state index contributed by atoms with van der Waals surface area (Å²) in [6.45, 7) is 4.55. The molecule has 2 heterocycles. The van der Waals surface area contributed by atoms with Crippen LogP contribution >= 0.6 is 11.6 Å². The molecule has 0 bridgehead atoms. The molecule has 0 saturated heterocycles. The van der Waals surface area contributed by atoms with Crippen LogP contribution in [0.4, 0.5) is 5.69 Å². The normalized spacial score (nSPS) is 10.5. The molecule has 19 heavy (non-hydrogen) atoms. The van der Waals surface area contributed by atoms with Crippen LogP contribution in [0.3, 0.4) is 0 Å². The first-order valence-electron chi connectivity index (χ1n) is 6.10. The van der Waals surface area contributed by atoms with E-state index in [1.807, 2.05) is 32.0 Å². The maximum atomic E-state index is 6.04. The van der Waals surface area contributed by atoms with E-state index < -0.39 is 0 Å². The molecule has 2 aromatic rings. The van der Waals surface area contributed by atoms with Crippen LogP contribution in [0.2, 0.25) is 5.02 Å². The maximum Gasteiger partial charge on any atom is 0.218 e. The molecule has 0 amide bonds. The van der Waals surface area contributed by atoms with E-state index in [1.165, 1.54) is 0 Å². The highest BCUT2D eigenvalue weighted by molar-refractivity contribution is 6.33. The quantitative estimate of drug-likeness (QED) is 0.908. The lowest BCUT2D eigenvalue weighted by molar-refractivity contribution is 0.230. The molecule has 0 aliphatic heterocycles. The van der Waals surface area contributed by atoms with Crippen LogP contribution < -0.4 is 10.1 Å². The van der Waals surface area contributed by atoms with Crippen molar-refractivity contribution in [3.63, 3.8) is 0 Å². The summed E-state index contributed by atoms with van der Waals surface area (Å²) >= 11 is 6.04. The van der Waals surface area contributed by atoms with Gasteiger partial charge in [0.2, 0.25) is 5.88 Å². The molecule has 100 valence electrons. The summed E-state index contributed by atoms with van der Waals surface area (Å²) in [5.74, 6) is 0.648. The van der Waals surface area contributed by atoms with Gasteiger partial charge in [0.25, 0.3) is 0 Å². The average molecular weight is 278 g/mol. The Morgan fingerprint density at radius 3 is 2.89 bits per heavy atom. The van der Waals surface area contributed by atoms with Gasteiger partial charge in [0.05, 0.1) is 16.8 Å². The number of nitrogens with one attached hydrogen (secondary N) is 1. The summed E-state index contributed by atoms with van der Waals surface area (Å²) in [6.07, 6.45) is 5.13. The van der Waals surface area contributed by atoms with Crippen LogP contribution in [-0.2, 0) is 6.54 Å². The van der Waals surface area contributed by atoms with Crippen molar-refractivity contribution in [2.45, 2.75) is 26.5 Å². The average Bonchev–Trinajstić information content (AvgIpc) is 2.39. The molecule has 0 fully saturated rings. The lowest BCUT2D eigenvalue weighted by atomic mass is 10.2. The molecular formula is C14H16ClN3O. The second kappa shape index (κ2) is 6.38. The Hall–Kier alpha value is -1.81. The van der Waals surface area contributed by atoms with Gasteiger partial charge in [0.1, 0.15) is 0 Å². The van der Waals surface area contributed by atoms with Crippen molar-refractivity contribution in [3.05, 3.63) is 47.4 Å². The van der Waals surface area contributed by atoms with E-state index in [4.69, 9.17) is 16.3 Å². The van der Waals surface area contributed by atoms with Crippen LogP contribution in [0, 0.1) is 0 Å². The van der Waals surface area contributed by atoms with Gasteiger partial charge in [-0.2, -0.15) is 0 Å². The Labute approximate surface area is 117 Å². The summed E-state index contributed by atoms with van der Waals surface area (Å²) in [6, 6.07) is 5.70. The van der Waals surface area contributed by atoms with E-state index >= 15 is 0 Å². The predicted molar refractivity (Wildman–Crippen MR) is 76.6 cm³/mol. The molecule has 5 heteroatoms. The lowest BCUT2D eigenvalue weighted by Crippen LogP contribution is -2.10. The number of pyridine rings is 2. The standard InChI is InChI=1S/C14H16ClN3O/c1-10(2)19-14-11(4-3-6-17-14)8-18-13-5-7-16-9-12(13)15/h3-7,9-10H,8H2,1-2H3,(H,16,18). The molecule has 1 N–H and O–H groups in total.